The highest BCUT2D eigenvalue weighted by Crippen LogP contribution is 2.39. The first-order valence-electron chi connectivity index (χ1n) is 8.15. The van der Waals surface area contributed by atoms with Crippen LogP contribution in [-0.4, -0.2) is 12.6 Å². The Bertz CT molecular complexity index is 737. The molecule has 0 bridgehead atoms. The molecule has 2 aromatic rings. The van der Waals surface area contributed by atoms with Gasteiger partial charge in [0.15, 0.2) is 0 Å². The Hall–Kier alpha value is -2.81. The quantitative estimate of drug-likeness (QED) is 0.777. The number of carbonyl (C=O) groups is 1. The molecule has 0 amide bonds. The number of para-hydroxylation sites is 1. The predicted octanol–water partition coefficient (Wildman–Crippen LogP) is 4.50. The minimum Gasteiger partial charge on any atom is -0.465 e. The molecule has 3 heteroatoms. The molecule has 0 N–H and O–H groups in total. The SMILES string of the molecule is C=C1C(C(=O)OCC)C(c2ccccc2)C=CN1c1ccccc1. The lowest BCUT2D eigenvalue weighted by molar-refractivity contribution is -0.147. The molecule has 3 nitrogen and oxygen atoms in total. The van der Waals surface area contributed by atoms with Crippen LogP contribution in [0.15, 0.2) is 85.2 Å². The summed E-state index contributed by atoms with van der Waals surface area (Å²) in [7, 11) is 0. The van der Waals surface area contributed by atoms with E-state index in [1.165, 1.54) is 0 Å². The number of benzene rings is 2. The van der Waals surface area contributed by atoms with Crippen LogP contribution in [0.4, 0.5) is 5.69 Å². The van der Waals surface area contributed by atoms with Crippen LogP contribution < -0.4 is 4.90 Å². The van der Waals surface area contributed by atoms with E-state index in [4.69, 9.17) is 4.74 Å². The smallest absolute Gasteiger partial charge is 0.315 e. The van der Waals surface area contributed by atoms with Gasteiger partial charge in [-0.05, 0) is 24.6 Å². The summed E-state index contributed by atoms with van der Waals surface area (Å²) in [6, 6.07) is 19.9. The number of rotatable bonds is 4. The van der Waals surface area contributed by atoms with Crippen LogP contribution in [0.25, 0.3) is 0 Å². The van der Waals surface area contributed by atoms with Gasteiger partial charge in [0.2, 0.25) is 0 Å². The van der Waals surface area contributed by atoms with Crippen molar-refractivity contribution in [2.75, 3.05) is 11.5 Å². The van der Waals surface area contributed by atoms with Crippen molar-refractivity contribution in [2.45, 2.75) is 12.8 Å². The van der Waals surface area contributed by atoms with Crippen molar-refractivity contribution in [1.82, 2.24) is 0 Å². The first-order chi connectivity index (χ1) is 11.7. The lowest BCUT2D eigenvalue weighted by atomic mass is 9.81. The van der Waals surface area contributed by atoms with E-state index >= 15 is 0 Å². The van der Waals surface area contributed by atoms with E-state index in [1.807, 2.05) is 78.7 Å². The maximum atomic E-state index is 12.6. The summed E-state index contributed by atoms with van der Waals surface area (Å²) >= 11 is 0. The molecule has 2 atom stereocenters. The normalized spacial score (nSPS) is 20.0. The average Bonchev–Trinajstić information content (AvgIpc) is 2.63. The molecule has 0 radical (unpaired) electrons. The molecular formula is C21H21NO2. The lowest BCUT2D eigenvalue weighted by Gasteiger charge is -2.36. The Labute approximate surface area is 142 Å². The van der Waals surface area contributed by atoms with Crippen molar-refractivity contribution in [3.63, 3.8) is 0 Å². The summed E-state index contributed by atoms with van der Waals surface area (Å²) in [6.07, 6.45) is 4.05. The van der Waals surface area contributed by atoms with Gasteiger partial charge in [-0.15, -0.1) is 0 Å². The minimum absolute atomic E-state index is 0.0716. The summed E-state index contributed by atoms with van der Waals surface area (Å²) in [5.74, 6) is -0.739. The van der Waals surface area contributed by atoms with Crippen molar-refractivity contribution in [2.24, 2.45) is 5.92 Å². The number of esters is 1. The zero-order valence-electron chi connectivity index (χ0n) is 13.8. The number of carbonyl (C=O) groups excluding carboxylic acids is 1. The monoisotopic (exact) mass is 319 g/mol. The Morgan fingerprint density at radius 1 is 1.08 bits per heavy atom. The summed E-state index contributed by atoms with van der Waals surface area (Å²) in [6.45, 7) is 6.39. The fraction of sp³-hybridized carbons (Fsp3) is 0.190. The van der Waals surface area contributed by atoms with E-state index in [0.29, 0.717) is 6.61 Å². The van der Waals surface area contributed by atoms with Gasteiger partial charge in [0.05, 0.1) is 6.61 Å². The van der Waals surface area contributed by atoms with Gasteiger partial charge in [0.1, 0.15) is 5.92 Å². The van der Waals surface area contributed by atoms with E-state index in [-0.39, 0.29) is 11.9 Å². The molecule has 2 aromatic carbocycles. The van der Waals surface area contributed by atoms with Crippen LogP contribution in [0.5, 0.6) is 0 Å². The highest BCUT2D eigenvalue weighted by molar-refractivity contribution is 5.80. The number of hydrogen-bond donors (Lipinski definition) is 0. The van der Waals surface area contributed by atoms with Gasteiger partial charge in [-0.25, -0.2) is 0 Å². The van der Waals surface area contributed by atoms with E-state index in [1.54, 1.807) is 0 Å². The molecule has 0 saturated heterocycles. The van der Waals surface area contributed by atoms with Crippen LogP contribution in [0, 0.1) is 5.92 Å². The number of ether oxygens (including phenoxy) is 1. The third-order valence-corrected chi connectivity index (χ3v) is 4.23. The molecule has 1 aliphatic rings. The number of allylic oxidation sites excluding steroid dienone is 1. The molecule has 1 aliphatic heterocycles. The number of hydrogen-bond acceptors (Lipinski definition) is 3. The van der Waals surface area contributed by atoms with Crippen LogP contribution in [-0.2, 0) is 9.53 Å². The highest BCUT2D eigenvalue weighted by atomic mass is 16.5. The maximum Gasteiger partial charge on any atom is 0.315 e. The molecule has 0 fully saturated rings. The molecule has 1 heterocycles. The molecule has 0 saturated carbocycles. The summed E-state index contributed by atoms with van der Waals surface area (Å²) in [5, 5.41) is 0. The van der Waals surface area contributed by atoms with Gasteiger partial charge in [-0.2, -0.15) is 0 Å². The Morgan fingerprint density at radius 2 is 1.71 bits per heavy atom. The zero-order valence-corrected chi connectivity index (χ0v) is 13.8. The third kappa shape index (κ3) is 3.11. The second-order valence-electron chi connectivity index (χ2n) is 5.70. The van der Waals surface area contributed by atoms with Crippen LogP contribution in [0.2, 0.25) is 0 Å². The molecule has 0 aromatic heterocycles. The summed E-state index contributed by atoms with van der Waals surface area (Å²) in [4.78, 5) is 14.6. The minimum atomic E-state index is -0.433. The largest absolute Gasteiger partial charge is 0.465 e. The van der Waals surface area contributed by atoms with Gasteiger partial charge >= 0.3 is 5.97 Å². The first kappa shape index (κ1) is 16.1. The third-order valence-electron chi connectivity index (χ3n) is 4.23. The van der Waals surface area contributed by atoms with Gasteiger partial charge < -0.3 is 9.64 Å². The van der Waals surface area contributed by atoms with E-state index in [9.17, 15) is 4.79 Å². The highest BCUT2D eigenvalue weighted by Gasteiger charge is 2.36. The summed E-state index contributed by atoms with van der Waals surface area (Å²) < 4.78 is 5.33. The van der Waals surface area contributed by atoms with Gasteiger partial charge in [-0.3, -0.25) is 4.79 Å². The van der Waals surface area contributed by atoms with Crippen molar-refractivity contribution in [3.8, 4) is 0 Å². The fourth-order valence-corrected chi connectivity index (χ4v) is 3.08. The molecule has 122 valence electrons. The lowest BCUT2D eigenvalue weighted by Crippen LogP contribution is -2.35. The summed E-state index contributed by atoms with van der Waals surface area (Å²) in [5.41, 5.74) is 2.80. The van der Waals surface area contributed by atoms with E-state index < -0.39 is 5.92 Å². The van der Waals surface area contributed by atoms with Gasteiger partial charge in [0.25, 0.3) is 0 Å². The van der Waals surface area contributed by atoms with E-state index in [0.717, 1.165) is 16.9 Å². The molecule has 2 unspecified atom stereocenters. The standard InChI is InChI=1S/C21H21NO2/c1-3-24-21(23)20-16(2)22(18-12-8-5-9-13-18)15-14-19(20)17-10-6-4-7-11-17/h4-15,19-20H,2-3H2,1H3. The fourth-order valence-electron chi connectivity index (χ4n) is 3.08. The van der Waals surface area contributed by atoms with Crippen LogP contribution in [0.3, 0.4) is 0 Å². The van der Waals surface area contributed by atoms with Crippen LogP contribution in [0.1, 0.15) is 18.4 Å². The number of nitrogens with zero attached hydrogens (tertiary/aromatic N) is 1. The zero-order chi connectivity index (χ0) is 16.9. The molecule has 0 aliphatic carbocycles. The Morgan fingerprint density at radius 3 is 2.33 bits per heavy atom. The van der Waals surface area contributed by atoms with Crippen molar-refractivity contribution in [3.05, 3.63) is 90.8 Å². The maximum absolute atomic E-state index is 12.6. The molecule has 0 spiro atoms. The first-order valence-corrected chi connectivity index (χ1v) is 8.15. The van der Waals surface area contributed by atoms with Crippen LogP contribution >= 0.6 is 0 Å². The topological polar surface area (TPSA) is 29.5 Å². The van der Waals surface area contributed by atoms with E-state index in [2.05, 4.69) is 12.7 Å². The Kier molecular flexibility index (Phi) is 4.80. The van der Waals surface area contributed by atoms with Crippen molar-refractivity contribution >= 4 is 11.7 Å². The average molecular weight is 319 g/mol. The predicted molar refractivity (Wildman–Crippen MR) is 96.5 cm³/mol. The molecule has 24 heavy (non-hydrogen) atoms. The molecule has 3 rings (SSSR count). The molecular weight excluding hydrogens is 298 g/mol. The number of anilines is 1. The van der Waals surface area contributed by atoms with Crippen molar-refractivity contribution < 1.29 is 9.53 Å². The van der Waals surface area contributed by atoms with Gasteiger partial charge in [-0.1, -0.05) is 61.2 Å². The van der Waals surface area contributed by atoms with Gasteiger partial charge in [0, 0.05) is 23.5 Å². The second kappa shape index (κ2) is 7.18. The Balaban J connectivity index is 2.00. The van der Waals surface area contributed by atoms with Crippen molar-refractivity contribution in [1.29, 1.82) is 0 Å². The second-order valence-corrected chi connectivity index (χ2v) is 5.70.